The topological polar surface area (TPSA) is 64.1 Å². The van der Waals surface area contributed by atoms with Gasteiger partial charge in [0.15, 0.2) is 5.96 Å². The third-order valence-corrected chi connectivity index (χ3v) is 5.99. The van der Waals surface area contributed by atoms with E-state index in [4.69, 9.17) is 19.2 Å². The van der Waals surface area contributed by atoms with Crippen molar-refractivity contribution in [3.63, 3.8) is 0 Å². The van der Waals surface area contributed by atoms with Crippen LogP contribution in [-0.2, 0) is 16.0 Å². The van der Waals surface area contributed by atoms with Gasteiger partial charge in [-0.3, -0.25) is 0 Å². The number of ether oxygens (including phenoxy) is 3. The molecule has 1 aliphatic heterocycles. The number of rotatable bonds is 12. The smallest absolute Gasteiger partial charge is 0.191 e. The summed E-state index contributed by atoms with van der Waals surface area (Å²) in [4.78, 5) is 4.83. The van der Waals surface area contributed by atoms with E-state index in [0.717, 1.165) is 69.4 Å². The number of benzene rings is 1. The molecule has 1 unspecified atom stereocenters. The van der Waals surface area contributed by atoms with Crippen LogP contribution in [0, 0.1) is 12.3 Å². The lowest BCUT2D eigenvalue weighted by Gasteiger charge is -2.19. The number of guanidine groups is 1. The molecule has 1 saturated heterocycles. The van der Waals surface area contributed by atoms with Gasteiger partial charge >= 0.3 is 0 Å². The lowest BCUT2D eigenvalue weighted by atomic mass is 10.0. The summed E-state index contributed by atoms with van der Waals surface area (Å²) in [5.74, 6) is 1.78. The summed E-state index contributed by atoms with van der Waals surface area (Å²) >= 11 is 0. The van der Waals surface area contributed by atoms with Crippen molar-refractivity contribution in [3.05, 3.63) is 29.3 Å². The van der Waals surface area contributed by atoms with Gasteiger partial charge in [0.05, 0.1) is 12.6 Å². The van der Waals surface area contributed by atoms with Gasteiger partial charge in [-0.2, -0.15) is 0 Å². The Morgan fingerprint density at radius 3 is 2.83 bits per heavy atom. The van der Waals surface area contributed by atoms with Gasteiger partial charge in [0.25, 0.3) is 0 Å². The lowest BCUT2D eigenvalue weighted by molar-refractivity contribution is 0.0676. The highest BCUT2D eigenvalue weighted by atomic mass is 16.5. The molecule has 6 heteroatoms. The molecular formula is C24H39N3O3. The molecular weight excluding hydrogens is 378 g/mol. The van der Waals surface area contributed by atoms with Gasteiger partial charge in [-0.05, 0) is 69.9 Å². The molecule has 1 aromatic carbocycles. The second kappa shape index (κ2) is 11.6. The quantitative estimate of drug-likeness (QED) is 0.308. The van der Waals surface area contributed by atoms with Gasteiger partial charge in [-0.25, -0.2) is 4.99 Å². The summed E-state index contributed by atoms with van der Waals surface area (Å²) in [7, 11) is 0. The fourth-order valence-corrected chi connectivity index (χ4v) is 3.79. The number of nitrogens with zero attached hydrogens (tertiary/aromatic N) is 1. The molecule has 2 aliphatic rings. The normalized spacial score (nSPS) is 20.2. The molecule has 168 valence electrons. The highest BCUT2D eigenvalue weighted by Gasteiger charge is 2.41. The Bertz CT molecular complexity index is 682. The predicted molar refractivity (Wildman–Crippen MR) is 121 cm³/mol. The largest absolute Gasteiger partial charge is 0.491 e. The first-order chi connectivity index (χ1) is 14.6. The third kappa shape index (κ3) is 7.17. The van der Waals surface area contributed by atoms with E-state index < -0.39 is 0 Å². The van der Waals surface area contributed by atoms with E-state index in [1.54, 1.807) is 0 Å². The number of hydrogen-bond acceptors (Lipinski definition) is 4. The summed E-state index contributed by atoms with van der Waals surface area (Å²) in [6.07, 6.45) is 6.08. The van der Waals surface area contributed by atoms with E-state index in [1.807, 2.05) is 0 Å². The molecule has 1 aromatic rings. The molecule has 2 N–H and O–H groups in total. The molecule has 0 bridgehead atoms. The molecule has 1 saturated carbocycles. The Balaban J connectivity index is 1.57. The monoisotopic (exact) mass is 417 g/mol. The zero-order valence-corrected chi connectivity index (χ0v) is 19.0. The molecule has 0 aromatic heterocycles. The SMILES string of the molecule is CCNC(=NCc1ccc(C)cc1OCC1CCCO1)NCC1(CCOCC)CC1. The van der Waals surface area contributed by atoms with Crippen molar-refractivity contribution < 1.29 is 14.2 Å². The molecule has 0 radical (unpaired) electrons. The predicted octanol–water partition coefficient (Wildman–Crippen LogP) is 3.81. The van der Waals surface area contributed by atoms with E-state index >= 15 is 0 Å². The Morgan fingerprint density at radius 2 is 2.13 bits per heavy atom. The maximum Gasteiger partial charge on any atom is 0.191 e. The van der Waals surface area contributed by atoms with Crippen LogP contribution in [0.25, 0.3) is 0 Å². The molecule has 6 nitrogen and oxygen atoms in total. The summed E-state index contributed by atoms with van der Waals surface area (Å²) in [6.45, 7) is 11.7. The van der Waals surface area contributed by atoms with Gasteiger partial charge < -0.3 is 24.8 Å². The second-order valence-corrected chi connectivity index (χ2v) is 8.55. The van der Waals surface area contributed by atoms with Crippen molar-refractivity contribution >= 4 is 5.96 Å². The van der Waals surface area contributed by atoms with Gasteiger partial charge in [0.2, 0.25) is 0 Å². The van der Waals surface area contributed by atoms with Crippen molar-refractivity contribution in [3.8, 4) is 5.75 Å². The van der Waals surface area contributed by atoms with Gasteiger partial charge in [0, 0.05) is 38.5 Å². The first kappa shape index (κ1) is 22.9. The minimum absolute atomic E-state index is 0.215. The molecule has 0 amide bonds. The molecule has 1 atom stereocenters. The Morgan fingerprint density at radius 1 is 1.27 bits per heavy atom. The lowest BCUT2D eigenvalue weighted by Crippen LogP contribution is -2.40. The molecule has 3 rings (SSSR count). The zero-order valence-electron chi connectivity index (χ0n) is 19.0. The fourth-order valence-electron chi connectivity index (χ4n) is 3.79. The van der Waals surface area contributed by atoms with Crippen LogP contribution >= 0.6 is 0 Å². The Kier molecular flexibility index (Phi) is 8.82. The number of hydrogen-bond donors (Lipinski definition) is 2. The first-order valence-corrected chi connectivity index (χ1v) is 11.6. The van der Waals surface area contributed by atoms with Crippen LogP contribution in [0.5, 0.6) is 5.75 Å². The average Bonchev–Trinajstić information content (AvgIpc) is 3.31. The molecule has 1 heterocycles. The van der Waals surface area contributed by atoms with Crippen molar-refractivity contribution in [2.45, 2.75) is 65.5 Å². The molecule has 0 spiro atoms. The van der Waals surface area contributed by atoms with Crippen LogP contribution in [0.3, 0.4) is 0 Å². The van der Waals surface area contributed by atoms with Crippen LogP contribution in [-0.4, -0.2) is 51.6 Å². The van der Waals surface area contributed by atoms with Gasteiger partial charge in [0.1, 0.15) is 12.4 Å². The number of aliphatic imine (C=N–C) groups is 1. The standard InChI is InChI=1S/C24H39N3O3/c1-4-25-23(27-18-24(10-11-24)12-14-28-5-2)26-16-20-9-8-19(3)15-22(20)30-17-21-7-6-13-29-21/h8-9,15,21H,4-7,10-14,16-18H2,1-3H3,(H2,25,26,27). The molecule has 2 fully saturated rings. The third-order valence-electron chi connectivity index (χ3n) is 5.99. The van der Waals surface area contributed by atoms with Crippen LogP contribution in [0.1, 0.15) is 57.1 Å². The first-order valence-electron chi connectivity index (χ1n) is 11.6. The maximum atomic E-state index is 6.12. The Hall–Kier alpha value is -1.79. The van der Waals surface area contributed by atoms with Crippen molar-refractivity contribution in [1.82, 2.24) is 10.6 Å². The van der Waals surface area contributed by atoms with Crippen molar-refractivity contribution in [1.29, 1.82) is 0 Å². The number of aryl methyl sites for hydroxylation is 1. The van der Waals surface area contributed by atoms with Crippen LogP contribution in [0.4, 0.5) is 0 Å². The maximum absolute atomic E-state index is 6.12. The minimum Gasteiger partial charge on any atom is -0.491 e. The average molecular weight is 418 g/mol. The van der Waals surface area contributed by atoms with Crippen LogP contribution in [0.15, 0.2) is 23.2 Å². The van der Waals surface area contributed by atoms with Crippen LogP contribution in [0.2, 0.25) is 0 Å². The molecule has 1 aliphatic carbocycles. The van der Waals surface area contributed by atoms with Crippen LogP contribution < -0.4 is 15.4 Å². The van der Waals surface area contributed by atoms with Gasteiger partial charge in [-0.15, -0.1) is 0 Å². The zero-order chi connectivity index (χ0) is 21.2. The highest BCUT2D eigenvalue weighted by Crippen LogP contribution is 2.48. The van der Waals surface area contributed by atoms with Crippen molar-refractivity contribution in [2.75, 3.05) is 39.5 Å². The van der Waals surface area contributed by atoms with Gasteiger partial charge in [-0.1, -0.05) is 12.1 Å². The van der Waals surface area contributed by atoms with Crippen molar-refractivity contribution in [2.24, 2.45) is 10.4 Å². The summed E-state index contributed by atoms with van der Waals surface area (Å²) < 4.78 is 17.4. The van der Waals surface area contributed by atoms with E-state index in [0.29, 0.717) is 18.6 Å². The minimum atomic E-state index is 0.215. The summed E-state index contributed by atoms with van der Waals surface area (Å²) in [5.41, 5.74) is 2.68. The van der Waals surface area contributed by atoms with E-state index in [1.165, 1.54) is 18.4 Å². The Labute approximate surface area is 181 Å². The fraction of sp³-hybridized carbons (Fsp3) is 0.708. The van der Waals surface area contributed by atoms with E-state index in [9.17, 15) is 0 Å². The second-order valence-electron chi connectivity index (χ2n) is 8.55. The van der Waals surface area contributed by atoms with E-state index in [2.05, 4.69) is 49.6 Å². The summed E-state index contributed by atoms with van der Waals surface area (Å²) in [6, 6.07) is 6.35. The van der Waals surface area contributed by atoms with E-state index in [-0.39, 0.29) is 6.10 Å². The highest BCUT2D eigenvalue weighted by molar-refractivity contribution is 5.79. The summed E-state index contributed by atoms with van der Waals surface area (Å²) in [5, 5.41) is 6.93. The molecule has 30 heavy (non-hydrogen) atoms. The number of nitrogens with one attached hydrogen (secondary N) is 2.